The van der Waals surface area contributed by atoms with Crippen molar-refractivity contribution in [1.82, 2.24) is 25.2 Å². The summed E-state index contributed by atoms with van der Waals surface area (Å²) >= 11 is 0. The summed E-state index contributed by atoms with van der Waals surface area (Å²) in [6.45, 7) is 2.50. The minimum absolute atomic E-state index is 0.116. The van der Waals surface area contributed by atoms with Crippen LogP contribution in [0.15, 0.2) is 18.2 Å². The fraction of sp³-hybridized carbons (Fsp3) is 0.567. The highest BCUT2D eigenvalue weighted by atomic mass is 19.4. The molecule has 14 heteroatoms. The lowest BCUT2D eigenvalue weighted by atomic mass is 9.94. The molecule has 4 aliphatic rings. The van der Waals surface area contributed by atoms with Crippen LogP contribution in [0.5, 0.6) is 6.01 Å². The molecule has 0 saturated carbocycles. The van der Waals surface area contributed by atoms with Crippen LogP contribution in [-0.4, -0.2) is 76.2 Å². The van der Waals surface area contributed by atoms with Gasteiger partial charge in [-0.25, -0.2) is 18.2 Å². The maximum Gasteiger partial charge on any atom is 0.418 e. The zero-order chi connectivity index (χ0) is 31.0. The third-order valence-corrected chi connectivity index (χ3v) is 9.58. The number of nitrogens with two attached hydrogens (primary N) is 1. The zero-order valence-electron chi connectivity index (χ0n) is 24.2. The van der Waals surface area contributed by atoms with Crippen LogP contribution in [0.1, 0.15) is 49.7 Å². The normalized spacial score (nSPS) is 26.8. The number of alkyl halides is 5. The van der Waals surface area contributed by atoms with Gasteiger partial charge < -0.3 is 20.7 Å². The van der Waals surface area contributed by atoms with E-state index >= 15 is 4.39 Å². The van der Waals surface area contributed by atoms with Crippen molar-refractivity contribution in [3.05, 3.63) is 35.1 Å². The Morgan fingerprint density at radius 2 is 1.89 bits per heavy atom. The number of aromatic nitrogens is 3. The lowest BCUT2D eigenvalue weighted by Crippen LogP contribution is -2.43. The highest BCUT2D eigenvalue weighted by molar-refractivity contribution is 5.93. The van der Waals surface area contributed by atoms with E-state index in [2.05, 4.69) is 20.3 Å². The van der Waals surface area contributed by atoms with Crippen molar-refractivity contribution < 1.29 is 31.1 Å². The van der Waals surface area contributed by atoms with E-state index in [0.29, 0.717) is 43.3 Å². The second-order valence-corrected chi connectivity index (χ2v) is 12.7. The van der Waals surface area contributed by atoms with Crippen LogP contribution < -0.4 is 20.7 Å². The number of aryl methyl sites for hydroxylation is 1. The quantitative estimate of drug-likeness (QED) is 0.370. The number of hydrogen-bond donors (Lipinski definition) is 2. The summed E-state index contributed by atoms with van der Waals surface area (Å²) in [5, 5.41) is 3.89. The van der Waals surface area contributed by atoms with E-state index in [1.807, 2.05) is 4.90 Å². The molecule has 44 heavy (non-hydrogen) atoms. The number of halogens is 6. The predicted octanol–water partition coefficient (Wildman–Crippen LogP) is 5.32. The minimum atomic E-state index is -4.82. The molecule has 2 aromatic heterocycles. The number of ether oxygens (including phenoxy) is 1. The maximum atomic E-state index is 16.5. The van der Waals surface area contributed by atoms with E-state index in [1.54, 1.807) is 4.90 Å². The van der Waals surface area contributed by atoms with Crippen molar-refractivity contribution in [2.45, 2.75) is 75.2 Å². The molecule has 1 unspecified atom stereocenters. The Morgan fingerprint density at radius 3 is 2.68 bits per heavy atom. The van der Waals surface area contributed by atoms with Crippen molar-refractivity contribution in [3.8, 4) is 17.3 Å². The topological polar surface area (TPSA) is 92.4 Å². The lowest BCUT2D eigenvalue weighted by Gasteiger charge is -2.31. The maximum absolute atomic E-state index is 16.5. The summed E-state index contributed by atoms with van der Waals surface area (Å²) in [5.74, 6) is -3.67. The van der Waals surface area contributed by atoms with E-state index in [0.717, 1.165) is 31.7 Å². The third kappa shape index (κ3) is 5.09. The van der Waals surface area contributed by atoms with Gasteiger partial charge in [0.15, 0.2) is 5.82 Å². The fourth-order valence-corrected chi connectivity index (χ4v) is 7.67. The van der Waals surface area contributed by atoms with E-state index in [4.69, 9.17) is 10.5 Å². The standard InChI is InChI=1S/C30H33F6N7O/c1-16-11-21(37)39-24(22(16)30(34,35)36)19-5-6-20-25(23(19)31)40-27(41-26(20)42-10-7-17-3-4-18(12-42)38-17)44-15-28-8-2-9-43(28)14-29(32,33)13-28/h5-6,11,17-18,38H,2-4,7-10,12-15H2,1H3,(H2,37,39)/t17-,18+,28?/m1/s1. The molecule has 3 N–H and O–H groups in total. The third-order valence-electron chi connectivity index (χ3n) is 9.58. The van der Waals surface area contributed by atoms with Crippen LogP contribution in [0.3, 0.4) is 0 Å². The van der Waals surface area contributed by atoms with Gasteiger partial charge in [-0.3, -0.25) is 4.90 Å². The molecular weight excluding hydrogens is 588 g/mol. The molecule has 6 heterocycles. The monoisotopic (exact) mass is 621 g/mol. The van der Waals surface area contributed by atoms with Crippen LogP contribution in [0, 0.1) is 12.7 Å². The molecule has 0 spiro atoms. The highest BCUT2D eigenvalue weighted by Gasteiger charge is 2.57. The average Bonchev–Trinajstić information content (AvgIpc) is 3.54. The zero-order valence-corrected chi connectivity index (χ0v) is 24.2. The second-order valence-electron chi connectivity index (χ2n) is 12.7. The molecule has 4 aliphatic heterocycles. The van der Waals surface area contributed by atoms with Gasteiger partial charge in [0, 0.05) is 42.5 Å². The summed E-state index contributed by atoms with van der Waals surface area (Å²) in [5.41, 5.74) is 2.35. The largest absolute Gasteiger partial charge is 0.461 e. The van der Waals surface area contributed by atoms with E-state index < -0.39 is 40.3 Å². The van der Waals surface area contributed by atoms with Gasteiger partial charge in [0.25, 0.3) is 5.92 Å². The highest BCUT2D eigenvalue weighted by Crippen LogP contribution is 2.46. The molecule has 2 bridgehead atoms. The van der Waals surface area contributed by atoms with Crippen LogP contribution in [0.25, 0.3) is 22.2 Å². The van der Waals surface area contributed by atoms with Gasteiger partial charge in [0.05, 0.1) is 23.3 Å². The Bertz CT molecular complexity index is 1620. The number of rotatable bonds is 5. The number of fused-ring (bicyclic) bond motifs is 4. The molecule has 1 aromatic carbocycles. The Labute approximate surface area is 250 Å². The molecule has 4 saturated heterocycles. The van der Waals surface area contributed by atoms with Gasteiger partial charge in [0.1, 0.15) is 23.8 Å². The molecule has 7 rings (SSSR count). The number of benzene rings is 1. The molecule has 0 radical (unpaired) electrons. The number of pyridine rings is 1. The van der Waals surface area contributed by atoms with Crippen molar-refractivity contribution >= 4 is 22.5 Å². The van der Waals surface area contributed by atoms with E-state index in [-0.39, 0.29) is 48.5 Å². The van der Waals surface area contributed by atoms with Gasteiger partial charge in [0.2, 0.25) is 0 Å². The second kappa shape index (κ2) is 10.3. The first kappa shape index (κ1) is 29.3. The molecule has 4 fully saturated rings. The molecular formula is C30H33F6N7O. The number of nitrogens with zero attached hydrogens (tertiary/aromatic N) is 5. The number of nitrogens with one attached hydrogen (secondary N) is 1. The SMILES string of the molecule is Cc1cc(N)nc(-c2ccc3c(N4CC[C@H]5CC[C@@H](C4)N5)nc(OCC45CCCN4CC(F)(F)C5)nc3c2F)c1C(F)(F)F. The van der Waals surface area contributed by atoms with Crippen LogP contribution >= 0.6 is 0 Å². The first-order valence-corrected chi connectivity index (χ1v) is 14.9. The predicted molar refractivity (Wildman–Crippen MR) is 152 cm³/mol. The first-order valence-electron chi connectivity index (χ1n) is 14.9. The Morgan fingerprint density at radius 1 is 1.09 bits per heavy atom. The number of anilines is 2. The van der Waals surface area contributed by atoms with E-state index in [9.17, 15) is 22.0 Å². The summed E-state index contributed by atoms with van der Waals surface area (Å²) in [7, 11) is 0. The summed E-state index contributed by atoms with van der Waals surface area (Å²) in [4.78, 5) is 16.6. The summed E-state index contributed by atoms with van der Waals surface area (Å²) in [6, 6.07) is 4.18. The van der Waals surface area contributed by atoms with Gasteiger partial charge in [-0.1, -0.05) is 0 Å². The summed E-state index contributed by atoms with van der Waals surface area (Å²) in [6.07, 6.45) is -1.05. The summed E-state index contributed by atoms with van der Waals surface area (Å²) < 4.78 is 93.7. The Hall–Kier alpha value is -3.39. The van der Waals surface area contributed by atoms with Crippen LogP contribution in [-0.2, 0) is 6.18 Å². The van der Waals surface area contributed by atoms with Crippen LogP contribution in [0.2, 0.25) is 0 Å². The minimum Gasteiger partial charge on any atom is -0.461 e. The smallest absolute Gasteiger partial charge is 0.418 e. The van der Waals surface area contributed by atoms with Crippen molar-refractivity contribution in [2.24, 2.45) is 0 Å². The Balaban J connectivity index is 1.34. The van der Waals surface area contributed by atoms with Crippen molar-refractivity contribution in [2.75, 3.05) is 43.4 Å². The van der Waals surface area contributed by atoms with Crippen molar-refractivity contribution in [1.29, 1.82) is 0 Å². The number of nitrogen functional groups attached to an aromatic ring is 1. The van der Waals surface area contributed by atoms with Gasteiger partial charge >= 0.3 is 12.2 Å². The molecule has 3 atom stereocenters. The van der Waals surface area contributed by atoms with Crippen molar-refractivity contribution in [3.63, 3.8) is 0 Å². The molecule has 8 nitrogen and oxygen atoms in total. The molecule has 3 aromatic rings. The molecule has 0 amide bonds. The van der Waals surface area contributed by atoms with Crippen LogP contribution in [0.4, 0.5) is 38.0 Å². The van der Waals surface area contributed by atoms with Gasteiger partial charge in [-0.05, 0) is 69.3 Å². The first-order chi connectivity index (χ1) is 20.8. The average molecular weight is 622 g/mol. The van der Waals surface area contributed by atoms with Gasteiger partial charge in [-0.2, -0.15) is 23.1 Å². The van der Waals surface area contributed by atoms with E-state index in [1.165, 1.54) is 19.1 Å². The Kier molecular flexibility index (Phi) is 6.88. The lowest BCUT2D eigenvalue weighted by molar-refractivity contribution is -0.137. The fourth-order valence-electron chi connectivity index (χ4n) is 7.67. The number of hydrogen-bond acceptors (Lipinski definition) is 8. The molecule has 0 aliphatic carbocycles. The van der Waals surface area contributed by atoms with Gasteiger partial charge in [-0.15, -0.1) is 0 Å². The molecule has 236 valence electrons.